The highest BCUT2D eigenvalue weighted by Crippen LogP contribution is 2.33. The van der Waals surface area contributed by atoms with E-state index in [0.29, 0.717) is 16.3 Å². The third-order valence-electron chi connectivity index (χ3n) is 4.18. The minimum Gasteiger partial charge on any atom is -0.495 e. The number of thiophene rings is 1. The second-order valence-electron chi connectivity index (χ2n) is 5.78. The number of amides is 1. The third-order valence-corrected chi connectivity index (χ3v) is 5.35. The number of nitrogens with two attached hydrogens (primary N) is 1. The number of benzene rings is 1. The van der Waals surface area contributed by atoms with Crippen molar-refractivity contribution in [1.82, 2.24) is 9.55 Å². The molecule has 2 heterocycles. The average molecular weight is 372 g/mol. The first kappa shape index (κ1) is 17.9. The van der Waals surface area contributed by atoms with Crippen molar-refractivity contribution in [2.45, 2.75) is 26.8 Å². The summed E-state index contributed by atoms with van der Waals surface area (Å²) < 4.78 is 6.60. The molecule has 3 N–H and O–H groups in total. The zero-order valence-electron chi connectivity index (χ0n) is 14.8. The van der Waals surface area contributed by atoms with E-state index in [2.05, 4.69) is 10.3 Å². The number of ether oxygens (including phenoxy) is 1. The molecule has 0 aliphatic carbocycles. The highest BCUT2D eigenvalue weighted by molar-refractivity contribution is 7.18. The highest BCUT2D eigenvalue weighted by atomic mass is 32.1. The third kappa shape index (κ3) is 3.15. The number of aromatic nitrogens is 2. The Bertz CT molecular complexity index is 1040. The lowest BCUT2D eigenvalue weighted by Crippen LogP contribution is -2.30. The smallest absolute Gasteiger partial charge is 0.351 e. The number of nitrogen functional groups attached to an aromatic ring is 1. The molecule has 8 heteroatoms. The molecule has 0 unspecified atom stereocenters. The van der Waals surface area contributed by atoms with E-state index < -0.39 is 5.69 Å². The maximum absolute atomic E-state index is 12.5. The summed E-state index contributed by atoms with van der Waals surface area (Å²) in [6.07, 6.45) is 0.781. The number of para-hydroxylation sites is 2. The number of fused-ring (bicyclic) bond motifs is 1. The fourth-order valence-corrected chi connectivity index (χ4v) is 4.21. The Labute approximate surface area is 154 Å². The minimum atomic E-state index is -0.533. The Morgan fingerprint density at radius 3 is 2.81 bits per heavy atom. The van der Waals surface area contributed by atoms with E-state index in [1.54, 1.807) is 18.2 Å². The van der Waals surface area contributed by atoms with Crippen molar-refractivity contribution in [2.75, 3.05) is 18.2 Å². The van der Waals surface area contributed by atoms with Crippen LogP contribution < -0.4 is 21.5 Å². The van der Waals surface area contributed by atoms with Crippen LogP contribution >= 0.6 is 11.3 Å². The first-order chi connectivity index (χ1) is 12.5. The number of hydrogen-bond donors (Lipinski definition) is 2. The second kappa shape index (κ2) is 7.17. The SMILES string of the molecule is CCc1c(C)sc2c1c(N)nc(=O)n2CC(=O)Nc1ccccc1OC. The van der Waals surface area contributed by atoms with Gasteiger partial charge in [-0.3, -0.25) is 9.36 Å². The van der Waals surface area contributed by atoms with E-state index in [-0.39, 0.29) is 18.3 Å². The summed E-state index contributed by atoms with van der Waals surface area (Å²) in [6.45, 7) is 3.86. The monoisotopic (exact) mass is 372 g/mol. The van der Waals surface area contributed by atoms with Gasteiger partial charge in [0.05, 0.1) is 18.2 Å². The van der Waals surface area contributed by atoms with Crippen LogP contribution in [0.25, 0.3) is 10.2 Å². The van der Waals surface area contributed by atoms with Crippen molar-refractivity contribution in [2.24, 2.45) is 0 Å². The number of nitrogens with one attached hydrogen (secondary N) is 1. The summed E-state index contributed by atoms with van der Waals surface area (Å²) in [5.74, 6) is 0.426. The number of aryl methyl sites for hydroxylation is 2. The van der Waals surface area contributed by atoms with Crippen LogP contribution in [0.3, 0.4) is 0 Å². The molecule has 0 aliphatic rings. The Morgan fingerprint density at radius 1 is 1.38 bits per heavy atom. The van der Waals surface area contributed by atoms with Gasteiger partial charge in [0.2, 0.25) is 5.91 Å². The van der Waals surface area contributed by atoms with Gasteiger partial charge in [-0.25, -0.2) is 4.79 Å². The van der Waals surface area contributed by atoms with Crippen molar-refractivity contribution in [3.63, 3.8) is 0 Å². The molecule has 0 atom stereocenters. The minimum absolute atomic E-state index is 0.149. The average Bonchev–Trinajstić information content (AvgIpc) is 2.95. The molecule has 1 amide bonds. The topological polar surface area (TPSA) is 99.2 Å². The van der Waals surface area contributed by atoms with Gasteiger partial charge in [0.15, 0.2) is 0 Å². The lowest BCUT2D eigenvalue weighted by atomic mass is 10.1. The number of anilines is 2. The fraction of sp³-hybridized carbons (Fsp3) is 0.278. The molecule has 0 fully saturated rings. The van der Waals surface area contributed by atoms with Gasteiger partial charge in [-0.15, -0.1) is 11.3 Å². The predicted molar refractivity (Wildman–Crippen MR) is 104 cm³/mol. The van der Waals surface area contributed by atoms with Crippen LogP contribution in [0.1, 0.15) is 17.4 Å². The summed E-state index contributed by atoms with van der Waals surface area (Å²) >= 11 is 1.45. The molecule has 0 saturated heterocycles. The lowest BCUT2D eigenvalue weighted by molar-refractivity contribution is -0.116. The normalized spacial score (nSPS) is 10.9. The van der Waals surface area contributed by atoms with Crippen LogP contribution in [0.15, 0.2) is 29.1 Å². The van der Waals surface area contributed by atoms with Crippen molar-refractivity contribution in [3.8, 4) is 5.75 Å². The van der Waals surface area contributed by atoms with Crippen molar-refractivity contribution < 1.29 is 9.53 Å². The fourth-order valence-electron chi connectivity index (χ4n) is 2.97. The van der Waals surface area contributed by atoms with E-state index in [9.17, 15) is 9.59 Å². The molecule has 3 aromatic rings. The Balaban J connectivity index is 1.98. The van der Waals surface area contributed by atoms with E-state index in [0.717, 1.165) is 22.2 Å². The van der Waals surface area contributed by atoms with Gasteiger partial charge in [0, 0.05) is 4.88 Å². The molecule has 0 spiro atoms. The van der Waals surface area contributed by atoms with Gasteiger partial charge in [0.25, 0.3) is 0 Å². The van der Waals surface area contributed by atoms with Gasteiger partial charge in [0.1, 0.15) is 22.9 Å². The first-order valence-corrected chi connectivity index (χ1v) is 8.99. The van der Waals surface area contributed by atoms with E-state index in [1.807, 2.05) is 19.9 Å². The van der Waals surface area contributed by atoms with Gasteiger partial charge in [-0.05, 0) is 31.0 Å². The lowest BCUT2D eigenvalue weighted by Gasteiger charge is -2.11. The zero-order chi connectivity index (χ0) is 18.8. The van der Waals surface area contributed by atoms with Gasteiger partial charge < -0.3 is 15.8 Å². The largest absolute Gasteiger partial charge is 0.495 e. The van der Waals surface area contributed by atoms with Crippen molar-refractivity contribution >= 4 is 39.0 Å². The summed E-state index contributed by atoms with van der Waals surface area (Å²) in [6, 6.07) is 7.10. The van der Waals surface area contributed by atoms with Gasteiger partial charge >= 0.3 is 5.69 Å². The standard InChI is InChI=1S/C18H20N4O3S/c1-4-11-10(2)26-17-15(11)16(19)21-18(24)22(17)9-14(23)20-12-7-5-6-8-13(12)25-3/h5-8H,4,9H2,1-3H3,(H,20,23)(H2,19,21,24). The quantitative estimate of drug-likeness (QED) is 0.717. The van der Waals surface area contributed by atoms with Crippen LogP contribution in [0.5, 0.6) is 5.75 Å². The molecule has 0 bridgehead atoms. The molecule has 136 valence electrons. The number of carbonyl (C=O) groups excluding carboxylic acids is 1. The summed E-state index contributed by atoms with van der Waals surface area (Å²) in [7, 11) is 1.53. The molecule has 7 nitrogen and oxygen atoms in total. The van der Waals surface area contributed by atoms with Crippen molar-refractivity contribution in [1.29, 1.82) is 0 Å². The predicted octanol–water partition coefficient (Wildman–Crippen LogP) is 2.56. The highest BCUT2D eigenvalue weighted by Gasteiger charge is 2.18. The summed E-state index contributed by atoms with van der Waals surface area (Å²) in [5, 5.41) is 3.54. The molecule has 0 saturated carbocycles. The zero-order valence-corrected chi connectivity index (χ0v) is 15.6. The van der Waals surface area contributed by atoms with Crippen LogP contribution in [-0.4, -0.2) is 22.6 Å². The molecule has 26 heavy (non-hydrogen) atoms. The molecule has 1 aromatic carbocycles. The van der Waals surface area contributed by atoms with E-state index in [1.165, 1.54) is 23.0 Å². The Morgan fingerprint density at radius 2 is 2.12 bits per heavy atom. The summed E-state index contributed by atoms with van der Waals surface area (Å²) in [5.41, 5.74) is 7.05. The number of rotatable bonds is 5. The number of methoxy groups -OCH3 is 1. The van der Waals surface area contributed by atoms with Crippen LogP contribution in [0.4, 0.5) is 11.5 Å². The Kier molecular flexibility index (Phi) is 4.94. The van der Waals surface area contributed by atoms with Crippen LogP contribution in [-0.2, 0) is 17.8 Å². The maximum Gasteiger partial charge on any atom is 0.351 e. The van der Waals surface area contributed by atoms with E-state index in [4.69, 9.17) is 10.5 Å². The van der Waals surface area contributed by atoms with Crippen LogP contribution in [0, 0.1) is 6.92 Å². The van der Waals surface area contributed by atoms with Gasteiger partial charge in [-0.2, -0.15) is 4.98 Å². The van der Waals surface area contributed by atoms with E-state index >= 15 is 0 Å². The second-order valence-corrected chi connectivity index (χ2v) is 6.99. The van der Waals surface area contributed by atoms with Gasteiger partial charge in [-0.1, -0.05) is 19.1 Å². The number of hydrogen-bond acceptors (Lipinski definition) is 6. The molecule has 3 rings (SSSR count). The summed E-state index contributed by atoms with van der Waals surface area (Å²) in [4.78, 5) is 30.5. The molecule has 0 radical (unpaired) electrons. The molecule has 2 aromatic heterocycles. The van der Waals surface area contributed by atoms with Crippen molar-refractivity contribution in [3.05, 3.63) is 45.2 Å². The van der Waals surface area contributed by atoms with Crippen LogP contribution in [0.2, 0.25) is 0 Å². The number of carbonyl (C=O) groups is 1. The Hall–Kier alpha value is -2.87. The molecular formula is C18H20N4O3S. The first-order valence-electron chi connectivity index (χ1n) is 8.17. The number of nitrogens with zero attached hydrogens (tertiary/aromatic N) is 2. The molecular weight excluding hydrogens is 352 g/mol. The molecule has 0 aliphatic heterocycles. The maximum atomic E-state index is 12.5.